The van der Waals surface area contributed by atoms with E-state index in [2.05, 4.69) is 5.32 Å². The number of carbonyl (C=O) groups is 4. The number of hydrogen-bond acceptors (Lipinski definition) is 6. The van der Waals surface area contributed by atoms with Gasteiger partial charge in [-0.05, 0) is 65.1 Å². The lowest BCUT2D eigenvalue weighted by Crippen LogP contribution is -2.63. The fourth-order valence-corrected chi connectivity index (χ4v) is 4.10. The van der Waals surface area contributed by atoms with Gasteiger partial charge >= 0.3 is 0 Å². The molecule has 0 aromatic carbocycles. The van der Waals surface area contributed by atoms with Crippen LogP contribution in [0.3, 0.4) is 0 Å². The highest BCUT2D eigenvalue weighted by Crippen LogP contribution is 2.25. The molecular weight excluding hydrogens is 360 g/mol. The van der Waals surface area contributed by atoms with Crippen molar-refractivity contribution in [1.82, 2.24) is 15.1 Å². The summed E-state index contributed by atoms with van der Waals surface area (Å²) in [4.78, 5) is 53.3. The van der Waals surface area contributed by atoms with Gasteiger partial charge in [0.2, 0.25) is 11.8 Å². The number of rotatable bonds is 10. The zero-order valence-electron chi connectivity index (χ0n) is 17.1. The highest BCUT2D eigenvalue weighted by Gasteiger charge is 2.43. The SMILES string of the molecule is CC(=O)CC[C@H]1C(=O)N([C@@H](CCCCN)C(=O)C2CCNCC2)CC(=O)N1C. The Balaban J connectivity index is 2.20. The second-order valence-electron chi connectivity index (χ2n) is 7.95. The van der Waals surface area contributed by atoms with E-state index < -0.39 is 12.1 Å². The average molecular weight is 395 g/mol. The summed E-state index contributed by atoms with van der Waals surface area (Å²) >= 11 is 0. The van der Waals surface area contributed by atoms with Crippen molar-refractivity contribution in [1.29, 1.82) is 0 Å². The Morgan fingerprint density at radius 3 is 2.50 bits per heavy atom. The van der Waals surface area contributed by atoms with Gasteiger partial charge in [-0.25, -0.2) is 0 Å². The van der Waals surface area contributed by atoms with Crippen LogP contribution < -0.4 is 11.1 Å². The number of amides is 2. The third-order valence-corrected chi connectivity index (χ3v) is 5.88. The summed E-state index contributed by atoms with van der Waals surface area (Å²) in [5.74, 6) is -0.439. The van der Waals surface area contributed by atoms with Crippen molar-refractivity contribution in [3.63, 3.8) is 0 Å². The molecule has 158 valence electrons. The highest BCUT2D eigenvalue weighted by atomic mass is 16.2. The van der Waals surface area contributed by atoms with E-state index in [1.807, 2.05) is 0 Å². The number of ketones is 2. The van der Waals surface area contributed by atoms with Crippen LogP contribution in [0.4, 0.5) is 0 Å². The van der Waals surface area contributed by atoms with Crippen LogP contribution in [0.15, 0.2) is 0 Å². The van der Waals surface area contributed by atoms with Crippen LogP contribution in [-0.4, -0.2) is 78.5 Å². The molecule has 2 rings (SSSR count). The lowest BCUT2D eigenvalue weighted by atomic mass is 9.86. The molecule has 8 heteroatoms. The van der Waals surface area contributed by atoms with Gasteiger partial charge < -0.3 is 25.6 Å². The highest BCUT2D eigenvalue weighted by molar-refractivity contribution is 5.99. The van der Waals surface area contributed by atoms with E-state index in [9.17, 15) is 19.2 Å². The van der Waals surface area contributed by atoms with E-state index >= 15 is 0 Å². The second kappa shape index (κ2) is 10.7. The summed E-state index contributed by atoms with van der Waals surface area (Å²) in [7, 11) is 1.60. The van der Waals surface area contributed by atoms with Crippen LogP contribution in [0.2, 0.25) is 0 Å². The molecule has 2 aliphatic heterocycles. The van der Waals surface area contributed by atoms with Crippen molar-refractivity contribution >= 4 is 23.4 Å². The molecule has 2 heterocycles. The number of carbonyl (C=O) groups excluding carboxylic acids is 4. The summed E-state index contributed by atoms with van der Waals surface area (Å²) in [6.07, 6.45) is 4.10. The number of nitrogens with zero attached hydrogens (tertiary/aromatic N) is 2. The molecule has 3 N–H and O–H groups in total. The van der Waals surface area contributed by atoms with Gasteiger partial charge in [0.15, 0.2) is 5.78 Å². The van der Waals surface area contributed by atoms with E-state index in [1.54, 1.807) is 7.05 Å². The molecule has 0 unspecified atom stereocenters. The standard InChI is InChI=1S/C20H34N4O4/c1-14(25)6-7-17-20(28)24(13-18(26)23(17)2)16(5-3-4-10-21)19(27)15-8-11-22-12-9-15/h15-17,22H,3-13,21H2,1-2H3/t16-,17-/m0/s1. The third kappa shape index (κ3) is 5.61. The number of unbranched alkanes of at least 4 members (excludes halogenated alkanes) is 1. The first-order chi connectivity index (χ1) is 13.4. The summed E-state index contributed by atoms with van der Waals surface area (Å²) in [5, 5.41) is 3.25. The summed E-state index contributed by atoms with van der Waals surface area (Å²) in [6.45, 7) is 3.52. The Morgan fingerprint density at radius 1 is 1.21 bits per heavy atom. The number of piperidine rings is 1. The van der Waals surface area contributed by atoms with Crippen LogP contribution in [0.5, 0.6) is 0 Å². The van der Waals surface area contributed by atoms with Crippen molar-refractivity contribution in [3.05, 3.63) is 0 Å². The number of hydrogen-bond donors (Lipinski definition) is 2. The molecule has 0 aromatic heterocycles. The monoisotopic (exact) mass is 394 g/mol. The van der Waals surface area contributed by atoms with E-state index in [-0.39, 0.29) is 42.3 Å². The Morgan fingerprint density at radius 2 is 1.89 bits per heavy atom. The minimum Gasteiger partial charge on any atom is -0.332 e. The summed E-state index contributed by atoms with van der Waals surface area (Å²) in [6, 6.07) is -1.26. The number of nitrogens with one attached hydrogen (secondary N) is 1. The summed E-state index contributed by atoms with van der Waals surface area (Å²) < 4.78 is 0. The maximum absolute atomic E-state index is 13.3. The molecule has 2 fully saturated rings. The number of Topliss-reactive ketones (excluding diaryl/α,β-unsaturated/α-hetero) is 2. The van der Waals surface area contributed by atoms with Gasteiger partial charge in [-0.15, -0.1) is 0 Å². The van der Waals surface area contributed by atoms with Gasteiger partial charge in [-0.1, -0.05) is 0 Å². The Bertz CT molecular complexity index is 589. The topological polar surface area (TPSA) is 113 Å². The molecule has 0 aliphatic carbocycles. The van der Waals surface area contributed by atoms with Gasteiger partial charge in [-0.3, -0.25) is 14.4 Å². The van der Waals surface area contributed by atoms with Crippen LogP contribution in [0.1, 0.15) is 51.9 Å². The summed E-state index contributed by atoms with van der Waals surface area (Å²) in [5.41, 5.74) is 5.60. The molecule has 0 spiro atoms. The third-order valence-electron chi connectivity index (χ3n) is 5.88. The fraction of sp³-hybridized carbons (Fsp3) is 0.800. The molecule has 0 bridgehead atoms. The van der Waals surface area contributed by atoms with Gasteiger partial charge in [0.1, 0.15) is 18.4 Å². The van der Waals surface area contributed by atoms with Gasteiger partial charge in [0.05, 0.1) is 6.04 Å². The first kappa shape index (κ1) is 22.5. The fourth-order valence-electron chi connectivity index (χ4n) is 4.10. The van der Waals surface area contributed by atoms with Crippen LogP contribution >= 0.6 is 0 Å². The van der Waals surface area contributed by atoms with Crippen molar-refractivity contribution < 1.29 is 19.2 Å². The van der Waals surface area contributed by atoms with Crippen molar-refractivity contribution in [2.75, 3.05) is 33.2 Å². The van der Waals surface area contributed by atoms with Crippen LogP contribution in [0, 0.1) is 5.92 Å². The van der Waals surface area contributed by atoms with Crippen LogP contribution in [0.25, 0.3) is 0 Å². The largest absolute Gasteiger partial charge is 0.332 e. The molecule has 28 heavy (non-hydrogen) atoms. The first-order valence-electron chi connectivity index (χ1n) is 10.4. The lowest BCUT2D eigenvalue weighted by molar-refractivity contribution is -0.159. The van der Waals surface area contributed by atoms with E-state index in [0.29, 0.717) is 19.4 Å². The maximum Gasteiger partial charge on any atom is 0.246 e. The molecule has 8 nitrogen and oxygen atoms in total. The van der Waals surface area contributed by atoms with E-state index in [1.165, 1.54) is 16.7 Å². The van der Waals surface area contributed by atoms with Crippen molar-refractivity contribution in [2.45, 2.75) is 64.0 Å². The smallest absolute Gasteiger partial charge is 0.246 e. The average Bonchev–Trinajstić information content (AvgIpc) is 2.68. The Kier molecular flexibility index (Phi) is 8.57. The Labute approximate surface area is 167 Å². The van der Waals surface area contributed by atoms with Gasteiger partial charge in [0, 0.05) is 19.4 Å². The number of piperazine rings is 1. The number of nitrogens with two attached hydrogens (primary N) is 1. The molecule has 2 atom stereocenters. The molecule has 2 aliphatic rings. The zero-order chi connectivity index (χ0) is 20.7. The van der Waals surface area contributed by atoms with Crippen LogP contribution in [-0.2, 0) is 19.2 Å². The molecule has 0 saturated carbocycles. The van der Waals surface area contributed by atoms with E-state index in [0.717, 1.165) is 38.8 Å². The van der Waals surface area contributed by atoms with Gasteiger partial charge in [-0.2, -0.15) is 0 Å². The van der Waals surface area contributed by atoms with Gasteiger partial charge in [0.25, 0.3) is 0 Å². The van der Waals surface area contributed by atoms with Crippen molar-refractivity contribution in [2.24, 2.45) is 11.7 Å². The molecular formula is C20H34N4O4. The predicted molar refractivity (Wildman–Crippen MR) is 105 cm³/mol. The molecule has 0 aromatic rings. The zero-order valence-corrected chi connectivity index (χ0v) is 17.1. The molecule has 2 saturated heterocycles. The Hall–Kier alpha value is -1.80. The number of likely N-dealkylation sites (N-methyl/N-ethyl adjacent to an activating group) is 1. The lowest BCUT2D eigenvalue weighted by Gasteiger charge is -2.42. The minimum atomic E-state index is -0.678. The predicted octanol–water partition coefficient (Wildman–Crippen LogP) is 0.0911. The quantitative estimate of drug-likeness (QED) is 0.508. The molecule has 2 amide bonds. The molecule has 0 radical (unpaired) electrons. The van der Waals surface area contributed by atoms with E-state index in [4.69, 9.17) is 5.73 Å². The first-order valence-corrected chi connectivity index (χ1v) is 10.4. The minimum absolute atomic E-state index is 0.0175. The normalized spacial score (nSPS) is 22.5. The maximum atomic E-state index is 13.3. The second-order valence-corrected chi connectivity index (χ2v) is 7.95. The van der Waals surface area contributed by atoms with Crippen molar-refractivity contribution in [3.8, 4) is 0 Å².